The van der Waals surface area contributed by atoms with Crippen LogP contribution in [0.15, 0.2) is 18.2 Å². The van der Waals surface area contributed by atoms with E-state index in [0.29, 0.717) is 0 Å². The van der Waals surface area contributed by atoms with Gasteiger partial charge in [0.05, 0.1) is 6.10 Å². The summed E-state index contributed by atoms with van der Waals surface area (Å²) in [7, 11) is 0. The number of aliphatic hydroxyl groups is 1. The van der Waals surface area contributed by atoms with E-state index in [4.69, 9.17) is 0 Å². The van der Waals surface area contributed by atoms with Crippen molar-refractivity contribution in [1.82, 2.24) is 5.32 Å². The molecular formula is C18H29NO. The molecule has 2 N–H and O–H groups in total. The van der Waals surface area contributed by atoms with Crippen molar-refractivity contribution in [2.24, 2.45) is 0 Å². The maximum absolute atomic E-state index is 9.85. The maximum atomic E-state index is 9.85. The molecule has 2 heteroatoms. The van der Waals surface area contributed by atoms with Crippen LogP contribution in [0.2, 0.25) is 0 Å². The van der Waals surface area contributed by atoms with E-state index in [9.17, 15) is 5.11 Å². The SMILES string of the molecule is CCCCC(NCc1ccc2c(c1)CCCC2)C(C)O. The minimum Gasteiger partial charge on any atom is -0.392 e. The second kappa shape index (κ2) is 7.80. The number of aliphatic hydroxyl groups excluding tert-OH is 1. The number of fused-ring (bicyclic) bond motifs is 1. The van der Waals surface area contributed by atoms with Crippen molar-refractivity contribution in [1.29, 1.82) is 0 Å². The van der Waals surface area contributed by atoms with Crippen molar-refractivity contribution in [2.75, 3.05) is 0 Å². The maximum Gasteiger partial charge on any atom is 0.0665 e. The molecule has 0 saturated carbocycles. The van der Waals surface area contributed by atoms with Crippen LogP contribution in [-0.4, -0.2) is 17.3 Å². The van der Waals surface area contributed by atoms with Crippen molar-refractivity contribution < 1.29 is 5.11 Å². The fourth-order valence-corrected chi connectivity index (χ4v) is 3.08. The molecule has 0 aliphatic heterocycles. The number of aryl methyl sites for hydroxylation is 2. The van der Waals surface area contributed by atoms with Gasteiger partial charge in [-0.15, -0.1) is 0 Å². The molecule has 20 heavy (non-hydrogen) atoms. The Labute approximate surface area is 123 Å². The molecular weight excluding hydrogens is 246 g/mol. The highest BCUT2D eigenvalue weighted by Gasteiger charge is 2.14. The Bertz CT molecular complexity index is 414. The molecule has 0 spiro atoms. The topological polar surface area (TPSA) is 32.3 Å². The zero-order chi connectivity index (χ0) is 14.4. The van der Waals surface area contributed by atoms with E-state index in [1.54, 1.807) is 0 Å². The van der Waals surface area contributed by atoms with Gasteiger partial charge in [0.15, 0.2) is 0 Å². The molecule has 0 aromatic heterocycles. The van der Waals surface area contributed by atoms with Gasteiger partial charge in [-0.05, 0) is 55.7 Å². The molecule has 1 aromatic carbocycles. The van der Waals surface area contributed by atoms with Gasteiger partial charge in [0.2, 0.25) is 0 Å². The molecule has 0 amide bonds. The van der Waals surface area contributed by atoms with Gasteiger partial charge in [-0.1, -0.05) is 38.0 Å². The molecule has 1 aromatic rings. The van der Waals surface area contributed by atoms with Gasteiger partial charge in [-0.3, -0.25) is 0 Å². The minimum absolute atomic E-state index is 0.214. The van der Waals surface area contributed by atoms with E-state index in [1.165, 1.54) is 55.2 Å². The van der Waals surface area contributed by atoms with Crippen LogP contribution >= 0.6 is 0 Å². The summed E-state index contributed by atoms with van der Waals surface area (Å²) in [6.45, 7) is 4.95. The van der Waals surface area contributed by atoms with Gasteiger partial charge in [-0.2, -0.15) is 0 Å². The first kappa shape index (κ1) is 15.5. The predicted molar refractivity (Wildman–Crippen MR) is 84.9 cm³/mol. The zero-order valence-electron chi connectivity index (χ0n) is 13.0. The smallest absolute Gasteiger partial charge is 0.0665 e. The Kier molecular flexibility index (Phi) is 6.06. The number of rotatable bonds is 7. The summed E-state index contributed by atoms with van der Waals surface area (Å²) in [5.41, 5.74) is 4.43. The van der Waals surface area contributed by atoms with Crippen molar-refractivity contribution in [2.45, 2.75) is 77.5 Å². The van der Waals surface area contributed by atoms with Gasteiger partial charge in [0, 0.05) is 12.6 Å². The first-order chi connectivity index (χ1) is 9.70. The summed E-state index contributed by atoms with van der Waals surface area (Å²) in [4.78, 5) is 0. The zero-order valence-corrected chi connectivity index (χ0v) is 13.0. The summed E-state index contributed by atoms with van der Waals surface area (Å²) >= 11 is 0. The van der Waals surface area contributed by atoms with Crippen LogP contribution in [0.25, 0.3) is 0 Å². The third-order valence-corrected chi connectivity index (χ3v) is 4.43. The number of nitrogens with one attached hydrogen (secondary N) is 1. The monoisotopic (exact) mass is 275 g/mol. The Hall–Kier alpha value is -0.860. The van der Waals surface area contributed by atoms with Crippen LogP contribution in [0.4, 0.5) is 0 Å². The molecule has 112 valence electrons. The molecule has 1 aliphatic rings. The normalized spacial score (nSPS) is 17.6. The second-order valence-electron chi connectivity index (χ2n) is 6.18. The van der Waals surface area contributed by atoms with Crippen molar-refractivity contribution in [3.05, 3.63) is 34.9 Å². The summed E-state index contributed by atoms with van der Waals surface area (Å²) in [5, 5.41) is 13.4. The number of hydrogen-bond acceptors (Lipinski definition) is 2. The summed E-state index contributed by atoms with van der Waals surface area (Å²) in [6, 6.07) is 7.12. The summed E-state index contributed by atoms with van der Waals surface area (Å²) in [5.74, 6) is 0. The molecule has 0 saturated heterocycles. The lowest BCUT2D eigenvalue weighted by molar-refractivity contribution is 0.138. The average Bonchev–Trinajstić information content (AvgIpc) is 2.46. The molecule has 1 aliphatic carbocycles. The van der Waals surface area contributed by atoms with Crippen LogP contribution < -0.4 is 5.32 Å². The second-order valence-corrected chi connectivity index (χ2v) is 6.18. The van der Waals surface area contributed by atoms with Gasteiger partial charge in [0.25, 0.3) is 0 Å². The number of hydrogen-bond donors (Lipinski definition) is 2. The summed E-state index contributed by atoms with van der Waals surface area (Å²) in [6.07, 6.45) is 8.28. The molecule has 2 nitrogen and oxygen atoms in total. The first-order valence-corrected chi connectivity index (χ1v) is 8.23. The van der Waals surface area contributed by atoms with E-state index in [-0.39, 0.29) is 12.1 Å². The quantitative estimate of drug-likeness (QED) is 0.797. The Balaban J connectivity index is 1.92. The van der Waals surface area contributed by atoms with Crippen LogP contribution in [0.1, 0.15) is 62.6 Å². The van der Waals surface area contributed by atoms with E-state index in [1.807, 2.05) is 6.92 Å². The van der Waals surface area contributed by atoms with Crippen LogP contribution in [0.5, 0.6) is 0 Å². The molecule has 0 heterocycles. The van der Waals surface area contributed by atoms with Gasteiger partial charge in [-0.25, -0.2) is 0 Å². The fraction of sp³-hybridized carbons (Fsp3) is 0.667. The average molecular weight is 275 g/mol. The molecule has 0 radical (unpaired) electrons. The lowest BCUT2D eigenvalue weighted by atomic mass is 9.90. The van der Waals surface area contributed by atoms with E-state index < -0.39 is 0 Å². The Morgan fingerprint density at radius 1 is 1.20 bits per heavy atom. The largest absolute Gasteiger partial charge is 0.392 e. The third-order valence-electron chi connectivity index (χ3n) is 4.43. The van der Waals surface area contributed by atoms with E-state index >= 15 is 0 Å². The first-order valence-electron chi connectivity index (χ1n) is 8.23. The van der Waals surface area contributed by atoms with Crippen LogP contribution in [-0.2, 0) is 19.4 Å². The van der Waals surface area contributed by atoms with Crippen molar-refractivity contribution >= 4 is 0 Å². The lowest BCUT2D eigenvalue weighted by Crippen LogP contribution is -2.37. The molecule has 2 rings (SSSR count). The molecule has 2 atom stereocenters. The molecule has 0 fully saturated rings. The lowest BCUT2D eigenvalue weighted by Gasteiger charge is -2.22. The van der Waals surface area contributed by atoms with Gasteiger partial charge < -0.3 is 10.4 Å². The van der Waals surface area contributed by atoms with Gasteiger partial charge >= 0.3 is 0 Å². The Morgan fingerprint density at radius 2 is 1.95 bits per heavy atom. The molecule has 2 unspecified atom stereocenters. The molecule has 0 bridgehead atoms. The predicted octanol–water partition coefficient (Wildman–Crippen LogP) is 3.59. The van der Waals surface area contributed by atoms with Crippen LogP contribution in [0.3, 0.4) is 0 Å². The van der Waals surface area contributed by atoms with Crippen molar-refractivity contribution in [3.8, 4) is 0 Å². The van der Waals surface area contributed by atoms with Crippen molar-refractivity contribution in [3.63, 3.8) is 0 Å². The number of unbranched alkanes of at least 4 members (excludes halogenated alkanes) is 1. The highest BCUT2D eigenvalue weighted by molar-refractivity contribution is 5.33. The Morgan fingerprint density at radius 3 is 2.65 bits per heavy atom. The summed E-state index contributed by atoms with van der Waals surface area (Å²) < 4.78 is 0. The minimum atomic E-state index is -0.279. The highest BCUT2D eigenvalue weighted by atomic mass is 16.3. The fourth-order valence-electron chi connectivity index (χ4n) is 3.08. The number of benzene rings is 1. The van der Waals surface area contributed by atoms with E-state index in [0.717, 1.165) is 13.0 Å². The van der Waals surface area contributed by atoms with Gasteiger partial charge in [0.1, 0.15) is 0 Å². The standard InChI is InChI=1S/C18H29NO/c1-3-4-9-18(14(2)20)19-13-15-10-11-16-7-5-6-8-17(16)12-15/h10-12,14,18-20H,3-9,13H2,1-2H3. The third kappa shape index (κ3) is 4.32. The van der Waals surface area contributed by atoms with Crippen LogP contribution in [0, 0.1) is 0 Å². The van der Waals surface area contributed by atoms with E-state index in [2.05, 4.69) is 30.4 Å². The highest BCUT2D eigenvalue weighted by Crippen LogP contribution is 2.22.